The number of methoxy groups -OCH3 is 1. The van der Waals surface area contributed by atoms with Gasteiger partial charge in [0.1, 0.15) is 0 Å². The highest BCUT2D eigenvalue weighted by atomic mass is 19.3. The van der Waals surface area contributed by atoms with Crippen LogP contribution in [0.1, 0.15) is 15.9 Å². The minimum absolute atomic E-state index is 0.0189. The van der Waals surface area contributed by atoms with E-state index in [9.17, 15) is 18.7 Å². The number of nitrogens with zero attached hydrogens (tertiary/aromatic N) is 1. The molecule has 0 heterocycles. The maximum atomic E-state index is 12.3. The summed E-state index contributed by atoms with van der Waals surface area (Å²) in [6, 6.07) is 10.3. The van der Waals surface area contributed by atoms with Crippen molar-refractivity contribution in [1.29, 1.82) is 0 Å². The van der Waals surface area contributed by atoms with Crippen LogP contribution in [0, 0.1) is 0 Å². The number of carbonyl (C=O) groups excluding carboxylic acids is 1. The Balaban J connectivity index is 2.09. The van der Waals surface area contributed by atoms with Crippen LogP contribution in [-0.2, 0) is 0 Å². The van der Waals surface area contributed by atoms with Crippen LogP contribution in [0.15, 0.2) is 47.6 Å². The lowest BCUT2D eigenvalue weighted by Crippen LogP contribution is -2.22. The predicted octanol–water partition coefficient (Wildman–Crippen LogP) is 2.11. The normalized spacial score (nSPS) is 10.8. The SMILES string of the molecule is COc1cc(/C=N\Nc2cccc(C(=O)[O-])c2)ccc1OC(F)F. The zero-order valence-corrected chi connectivity index (χ0v) is 12.5. The molecular formula is C16H13F2N2O4-. The van der Waals surface area contributed by atoms with E-state index in [0.717, 1.165) is 0 Å². The second kappa shape index (κ2) is 7.91. The van der Waals surface area contributed by atoms with Crippen LogP contribution in [0.3, 0.4) is 0 Å². The van der Waals surface area contributed by atoms with Crippen molar-refractivity contribution in [3.05, 3.63) is 53.6 Å². The van der Waals surface area contributed by atoms with Crippen molar-refractivity contribution in [2.24, 2.45) is 5.10 Å². The van der Waals surface area contributed by atoms with E-state index in [4.69, 9.17) is 4.74 Å². The number of benzene rings is 2. The Hall–Kier alpha value is -3.16. The number of hydrogen-bond donors (Lipinski definition) is 1. The van der Waals surface area contributed by atoms with Gasteiger partial charge in [0, 0.05) is 0 Å². The molecule has 0 unspecified atom stereocenters. The molecule has 0 radical (unpaired) electrons. The molecule has 0 atom stereocenters. The molecule has 0 aliphatic carbocycles. The van der Waals surface area contributed by atoms with Crippen molar-refractivity contribution in [3.8, 4) is 11.5 Å². The third kappa shape index (κ3) is 4.67. The van der Waals surface area contributed by atoms with Gasteiger partial charge in [-0.1, -0.05) is 12.1 Å². The molecule has 1 N–H and O–H groups in total. The van der Waals surface area contributed by atoms with Gasteiger partial charge in [-0.05, 0) is 41.5 Å². The predicted molar refractivity (Wildman–Crippen MR) is 81.6 cm³/mol. The van der Waals surface area contributed by atoms with Crippen molar-refractivity contribution in [2.45, 2.75) is 6.61 Å². The fourth-order valence-electron chi connectivity index (χ4n) is 1.85. The van der Waals surface area contributed by atoms with Crippen molar-refractivity contribution in [2.75, 3.05) is 12.5 Å². The van der Waals surface area contributed by atoms with Crippen LogP contribution in [0.5, 0.6) is 11.5 Å². The summed E-state index contributed by atoms with van der Waals surface area (Å²) in [5.41, 5.74) is 3.70. The molecule has 126 valence electrons. The Bertz CT molecular complexity index is 751. The van der Waals surface area contributed by atoms with Crippen molar-refractivity contribution < 1.29 is 28.2 Å². The van der Waals surface area contributed by atoms with Gasteiger partial charge in [-0.3, -0.25) is 5.43 Å². The molecule has 24 heavy (non-hydrogen) atoms. The number of carbonyl (C=O) groups is 1. The summed E-state index contributed by atoms with van der Waals surface area (Å²) in [5.74, 6) is -1.24. The standard InChI is InChI=1S/C16H14F2N2O4/c1-23-14-7-10(5-6-13(14)24-16(17)18)9-19-20-12-4-2-3-11(8-12)15(21)22/h2-9,16,20H,1H3,(H,21,22)/p-1/b19-9-. The summed E-state index contributed by atoms with van der Waals surface area (Å²) in [7, 11) is 1.33. The first-order chi connectivity index (χ1) is 11.5. The summed E-state index contributed by atoms with van der Waals surface area (Å²) >= 11 is 0. The van der Waals surface area contributed by atoms with Crippen LogP contribution in [0.25, 0.3) is 0 Å². The van der Waals surface area contributed by atoms with E-state index in [-0.39, 0.29) is 17.1 Å². The molecule has 2 rings (SSSR count). The maximum Gasteiger partial charge on any atom is 0.387 e. The highest BCUT2D eigenvalue weighted by molar-refractivity contribution is 5.87. The average molecular weight is 335 g/mol. The van der Waals surface area contributed by atoms with Gasteiger partial charge in [-0.25, -0.2) is 0 Å². The number of rotatable bonds is 7. The van der Waals surface area contributed by atoms with Crippen LogP contribution in [0.2, 0.25) is 0 Å². The fourth-order valence-corrected chi connectivity index (χ4v) is 1.85. The number of ether oxygens (including phenoxy) is 2. The number of hydrogen-bond acceptors (Lipinski definition) is 6. The molecule has 0 bridgehead atoms. The van der Waals surface area contributed by atoms with E-state index in [0.29, 0.717) is 11.3 Å². The molecule has 0 saturated carbocycles. The molecule has 0 aliphatic heterocycles. The molecule has 6 nitrogen and oxygen atoms in total. The van der Waals surface area contributed by atoms with E-state index in [1.165, 1.54) is 43.7 Å². The van der Waals surface area contributed by atoms with Gasteiger partial charge in [0.05, 0.1) is 25.0 Å². The Labute approximate surface area is 136 Å². The molecule has 0 fully saturated rings. The first-order valence-electron chi connectivity index (χ1n) is 6.73. The van der Waals surface area contributed by atoms with Crippen molar-refractivity contribution in [3.63, 3.8) is 0 Å². The third-order valence-electron chi connectivity index (χ3n) is 2.91. The summed E-state index contributed by atoms with van der Waals surface area (Å²) in [4.78, 5) is 10.8. The Morgan fingerprint density at radius 2 is 2.04 bits per heavy atom. The van der Waals surface area contributed by atoms with Gasteiger partial charge in [-0.15, -0.1) is 0 Å². The van der Waals surface area contributed by atoms with E-state index >= 15 is 0 Å². The quantitative estimate of drug-likeness (QED) is 0.619. The Kier molecular flexibility index (Phi) is 5.67. The molecule has 8 heteroatoms. The average Bonchev–Trinajstić information content (AvgIpc) is 2.56. The largest absolute Gasteiger partial charge is 0.545 e. The number of carboxylic acid groups (broad SMARTS) is 1. The number of aromatic carboxylic acids is 1. The second-order valence-electron chi connectivity index (χ2n) is 4.53. The Morgan fingerprint density at radius 1 is 1.25 bits per heavy atom. The van der Waals surface area contributed by atoms with E-state index < -0.39 is 12.6 Å². The smallest absolute Gasteiger partial charge is 0.387 e. The topological polar surface area (TPSA) is 83.0 Å². The van der Waals surface area contributed by atoms with Gasteiger partial charge in [-0.2, -0.15) is 13.9 Å². The molecule has 0 spiro atoms. The molecule has 0 amide bonds. The highest BCUT2D eigenvalue weighted by Crippen LogP contribution is 2.28. The number of hydrazone groups is 1. The summed E-state index contributed by atoms with van der Waals surface area (Å²) in [6.07, 6.45) is 1.42. The van der Waals surface area contributed by atoms with Crippen molar-refractivity contribution >= 4 is 17.9 Å². The van der Waals surface area contributed by atoms with Gasteiger partial charge in [0.15, 0.2) is 11.5 Å². The first kappa shape index (κ1) is 17.2. The van der Waals surface area contributed by atoms with E-state index in [2.05, 4.69) is 15.3 Å². The monoisotopic (exact) mass is 335 g/mol. The van der Waals surface area contributed by atoms with Gasteiger partial charge >= 0.3 is 6.61 Å². The number of alkyl halides is 2. The fraction of sp³-hybridized carbons (Fsp3) is 0.125. The van der Waals surface area contributed by atoms with Gasteiger partial charge in [0.25, 0.3) is 0 Å². The lowest BCUT2D eigenvalue weighted by atomic mass is 10.2. The number of carboxylic acids is 1. The van der Waals surface area contributed by atoms with Crippen LogP contribution >= 0.6 is 0 Å². The molecule has 0 aromatic heterocycles. The van der Waals surface area contributed by atoms with E-state index in [1.807, 2.05) is 0 Å². The molecule has 2 aromatic rings. The summed E-state index contributed by atoms with van der Waals surface area (Å²) in [6.45, 7) is -2.95. The summed E-state index contributed by atoms with van der Waals surface area (Å²) in [5, 5.41) is 14.7. The zero-order chi connectivity index (χ0) is 17.5. The minimum atomic E-state index is -2.95. The van der Waals surface area contributed by atoms with Crippen LogP contribution in [-0.4, -0.2) is 25.9 Å². The highest BCUT2D eigenvalue weighted by Gasteiger charge is 2.10. The first-order valence-corrected chi connectivity index (χ1v) is 6.73. The molecule has 0 saturated heterocycles. The second-order valence-corrected chi connectivity index (χ2v) is 4.53. The summed E-state index contributed by atoms with van der Waals surface area (Å²) < 4.78 is 33.8. The van der Waals surface area contributed by atoms with Crippen LogP contribution < -0.4 is 20.0 Å². The lowest BCUT2D eigenvalue weighted by molar-refractivity contribution is -0.255. The minimum Gasteiger partial charge on any atom is -0.545 e. The van der Waals surface area contributed by atoms with Crippen LogP contribution in [0.4, 0.5) is 14.5 Å². The number of nitrogens with one attached hydrogen (secondary N) is 1. The Morgan fingerprint density at radius 3 is 2.71 bits per heavy atom. The molecular weight excluding hydrogens is 322 g/mol. The zero-order valence-electron chi connectivity index (χ0n) is 12.5. The maximum absolute atomic E-state index is 12.3. The third-order valence-corrected chi connectivity index (χ3v) is 2.91. The van der Waals surface area contributed by atoms with E-state index in [1.54, 1.807) is 12.1 Å². The molecule has 2 aromatic carbocycles. The van der Waals surface area contributed by atoms with Gasteiger partial charge in [0.2, 0.25) is 0 Å². The lowest BCUT2D eigenvalue weighted by Gasteiger charge is -2.10. The number of halogens is 2. The van der Waals surface area contributed by atoms with Crippen molar-refractivity contribution in [1.82, 2.24) is 0 Å². The molecule has 0 aliphatic rings. The van der Waals surface area contributed by atoms with Gasteiger partial charge < -0.3 is 19.4 Å². The number of anilines is 1.